The van der Waals surface area contributed by atoms with Crippen molar-refractivity contribution in [1.29, 1.82) is 0 Å². The van der Waals surface area contributed by atoms with E-state index in [-0.39, 0.29) is 11.1 Å². The van der Waals surface area contributed by atoms with Crippen LogP contribution in [0.1, 0.15) is 105 Å². The monoisotopic (exact) mass is 452 g/mol. The molecule has 2 aliphatic carbocycles. The molecule has 0 spiro atoms. The van der Waals surface area contributed by atoms with Gasteiger partial charge in [0, 0.05) is 35.6 Å². The Hall–Kier alpha value is -2.18. The molecule has 6 nitrogen and oxygen atoms in total. The highest BCUT2D eigenvalue weighted by Crippen LogP contribution is 2.28. The van der Waals surface area contributed by atoms with Crippen LogP contribution in [0.15, 0.2) is 33.9 Å². The van der Waals surface area contributed by atoms with Crippen LogP contribution in [0, 0.1) is 0 Å². The van der Waals surface area contributed by atoms with Gasteiger partial charge in [-0.25, -0.2) is 0 Å². The molecule has 0 aliphatic heterocycles. The molecule has 0 amide bonds. The van der Waals surface area contributed by atoms with Crippen molar-refractivity contribution < 1.29 is 0 Å². The average molecular weight is 453 g/mol. The Morgan fingerprint density at radius 1 is 0.636 bits per heavy atom. The van der Waals surface area contributed by atoms with Crippen LogP contribution in [0.25, 0.3) is 0 Å². The van der Waals surface area contributed by atoms with E-state index in [1.165, 1.54) is 56.1 Å². The molecule has 180 valence electrons. The Kier molecular flexibility index (Phi) is 8.95. The summed E-state index contributed by atoms with van der Waals surface area (Å²) in [5, 5.41) is 7.41. The van der Waals surface area contributed by atoms with Gasteiger partial charge in [-0.15, -0.1) is 0 Å². The van der Waals surface area contributed by atoms with E-state index in [0.29, 0.717) is 12.1 Å². The molecule has 0 bridgehead atoms. The van der Waals surface area contributed by atoms with Gasteiger partial charge in [-0.3, -0.25) is 9.59 Å². The van der Waals surface area contributed by atoms with Gasteiger partial charge in [0.2, 0.25) is 11.1 Å². The van der Waals surface area contributed by atoms with Gasteiger partial charge in [0.15, 0.2) is 0 Å². The predicted molar refractivity (Wildman–Crippen MR) is 134 cm³/mol. The molecule has 0 radical (unpaired) electrons. The normalized spacial score (nSPS) is 19.8. The van der Waals surface area contributed by atoms with Crippen molar-refractivity contribution >= 4 is 0 Å². The van der Waals surface area contributed by atoms with Crippen LogP contribution in [0.3, 0.4) is 0 Å². The molecule has 2 aromatic heterocycles. The van der Waals surface area contributed by atoms with E-state index in [1.54, 1.807) is 12.1 Å². The third-order valence-electron chi connectivity index (χ3n) is 7.30. The van der Waals surface area contributed by atoms with Gasteiger partial charge < -0.3 is 20.6 Å². The summed E-state index contributed by atoms with van der Waals surface area (Å²) in [5.41, 5.74) is 4.87. The topological polar surface area (TPSA) is 89.8 Å². The SMILES string of the molecule is O=c1ccc2c([nH]1)CCCC2NCCCCCCCCCNC1CCCc2[nH]c(=O)ccc21. The first-order valence-electron chi connectivity index (χ1n) is 13.1. The maximum absolute atomic E-state index is 11.5. The first kappa shape index (κ1) is 24.0. The third-order valence-corrected chi connectivity index (χ3v) is 7.30. The van der Waals surface area contributed by atoms with Crippen molar-refractivity contribution in [2.75, 3.05) is 13.1 Å². The smallest absolute Gasteiger partial charge is 0.248 e. The number of rotatable bonds is 12. The molecular weight excluding hydrogens is 412 g/mol. The van der Waals surface area contributed by atoms with Crippen molar-refractivity contribution in [3.63, 3.8) is 0 Å². The van der Waals surface area contributed by atoms with Crippen LogP contribution in [0.5, 0.6) is 0 Å². The summed E-state index contributed by atoms with van der Waals surface area (Å²) in [6.07, 6.45) is 15.6. The average Bonchev–Trinajstić information content (AvgIpc) is 2.82. The molecule has 4 rings (SSSR count). The molecule has 2 aliphatic rings. The van der Waals surface area contributed by atoms with E-state index in [1.807, 2.05) is 12.1 Å². The van der Waals surface area contributed by atoms with Gasteiger partial charge in [-0.1, -0.05) is 44.2 Å². The van der Waals surface area contributed by atoms with Crippen LogP contribution >= 0.6 is 0 Å². The van der Waals surface area contributed by atoms with Crippen molar-refractivity contribution in [3.8, 4) is 0 Å². The molecule has 2 heterocycles. The standard InChI is InChI=1S/C27H40N4O2/c32-26-16-14-20-22(10-8-12-24(20)30-26)28-18-6-4-2-1-3-5-7-19-29-23-11-9-13-25-21(23)15-17-27(33)31-25/h14-17,22-23,28-29H,1-13,18-19H2,(H,30,32)(H,31,33). The Morgan fingerprint density at radius 3 is 1.52 bits per heavy atom. The fourth-order valence-electron chi connectivity index (χ4n) is 5.51. The van der Waals surface area contributed by atoms with Gasteiger partial charge in [0.25, 0.3) is 0 Å². The minimum Gasteiger partial charge on any atom is -0.326 e. The van der Waals surface area contributed by atoms with E-state index in [4.69, 9.17) is 0 Å². The molecule has 33 heavy (non-hydrogen) atoms. The number of hydrogen-bond acceptors (Lipinski definition) is 4. The van der Waals surface area contributed by atoms with Crippen LogP contribution in [0.4, 0.5) is 0 Å². The molecule has 6 heteroatoms. The highest BCUT2D eigenvalue weighted by Gasteiger charge is 2.21. The summed E-state index contributed by atoms with van der Waals surface area (Å²) in [6, 6.07) is 8.12. The molecular formula is C27H40N4O2. The van der Waals surface area contributed by atoms with E-state index < -0.39 is 0 Å². The number of unbranched alkanes of at least 4 members (excludes halogenated alkanes) is 6. The molecule has 2 atom stereocenters. The Bertz CT molecular complexity index is 917. The summed E-state index contributed by atoms with van der Waals surface area (Å²) in [5.74, 6) is 0. The van der Waals surface area contributed by atoms with Crippen molar-refractivity contribution in [2.45, 2.75) is 95.6 Å². The molecule has 0 aromatic carbocycles. The Labute approximate surface area is 197 Å². The quantitative estimate of drug-likeness (QED) is 0.359. The first-order chi connectivity index (χ1) is 16.2. The highest BCUT2D eigenvalue weighted by atomic mass is 16.1. The van der Waals surface area contributed by atoms with Crippen LogP contribution < -0.4 is 21.8 Å². The van der Waals surface area contributed by atoms with E-state index in [9.17, 15) is 9.59 Å². The second kappa shape index (κ2) is 12.3. The van der Waals surface area contributed by atoms with Crippen molar-refractivity contribution in [2.24, 2.45) is 0 Å². The number of pyridine rings is 2. The van der Waals surface area contributed by atoms with Crippen molar-refractivity contribution in [1.82, 2.24) is 20.6 Å². The number of nitrogens with one attached hydrogen (secondary N) is 4. The maximum atomic E-state index is 11.5. The number of aromatic amines is 2. The number of fused-ring (bicyclic) bond motifs is 2. The van der Waals surface area contributed by atoms with Crippen LogP contribution in [0.2, 0.25) is 0 Å². The summed E-state index contributed by atoms with van der Waals surface area (Å²) in [4.78, 5) is 29.1. The second-order valence-corrected chi connectivity index (χ2v) is 9.79. The predicted octanol–water partition coefficient (Wildman–Crippen LogP) is 4.43. The third kappa shape index (κ3) is 6.90. The van der Waals surface area contributed by atoms with Gasteiger partial charge in [-0.05, 0) is 75.6 Å². The fraction of sp³-hybridized carbons (Fsp3) is 0.630. The van der Waals surface area contributed by atoms with Gasteiger partial charge in [0.1, 0.15) is 0 Å². The van der Waals surface area contributed by atoms with Crippen LogP contribution in [-0.2, 0) is 12.8 Å². The first-order valence-corrected chi connectivity index (χ1v) is 13.1. The molecule has 4 N–H and O–H groups in total. The molecule has 0 saturated carbocycles. The second-order valence-electron chi connectivity index (χ2n) is 9.79. The lowest BCUT2D eigenvalue weighted by Gasteiger charge is -2.26. The minimum atomic E-state index is 0.0158. The van der Waals surface area contributed by atoms with Gasteiger partial charge in [-0.2, -0.15) is 0 Å². The fourth-order valence-corrected chi connectivity index (χ4v) is 5.51. The van der Waals surface area contributed by atoms with E-state index in [2.05, 4.69) is 20.6 Å². The number of H-pyrrole nitrogens is 2. The van der Waals surface area contributed by atoms with Crippen LogP contribution in [-0.4, -0.2) is 23.1 Å². The summed E-state index contributed by atoms with van der Waals surface area (Å²) in [7, 11) is 0. The maximum Gasteiger partial charge on any atom is 0.248 e. The lowest BCUT2D eigenvalue weighted by molar-refractivity contribution is 0.437. The highest BCUT2D eigenvalue weighted by molar-refractivity contribution is 5.27. The zero-order chi connectivity index (χ0) is 22.9. The lowest BCUT2D eigenvalue weighted by Crippen LogP contribution is -2.28. The van der Waals surface area contributed by atoms with Gasteiger partial charge in [0.05, 0.1) is 0 Å². The summed E-state index contributed by atoms with van der Waals surface area (Å²) < 4.78 is 0. The summed E-state index contributed by atoms with van der Waals surface area (Å²) >= 11 is 0. The summed E-state index contributed by atoms with van der Waals surface area (Å²) in [6.45, 7) is 2.11. The van der Waals surface area contributed by atoms with E-state index >= 15 is 0 Å². The minimum absolute atomic E-state index is 0.0158. The Balaban J connectivity index is 1.02. The van der Waals surface area contributed by atoms with Crippen molar-refractivity contribution in [3.05, 3.63) is 67.5 Å². The molecule has 2 aromatic rings. The zero-order valence-electron chi connectivity index (χ0n) is 19.9. The lowest BCUT2D eigenvalue weighted by atomic mass is 9.91. The zero-order valence-corrected chi connectivity index (χ0v) is 19.9. The molecule has 2 unspecified atom stereocenters. The number of aryl methyl sites for hydroxylation is 2. The largest absolute Gasteiger partial charge is 0.326 e. The molecule has 0 fully saturated rings. The van der Waals surface area contributed by atoms with E-state index in [0.717, 1.165) is 63.0 Å². The number of hydrogen-bond donors (Lipinski definition) is 4. The Morgan fingerprint density at radius 2 is 1.06 bits per heavy atom. The van der Waals surface area contributed by atoms with Gasteiger partial charge >= 0.3 is 0 Å². The number of aromatic nitrogens is 2. The molecule has 0 saturated heterocycles.